The van der Waals surface area contributed by atoms with Crippen LogP contribution in [0.3, 0.4) is 0 Å². The molecule has 4 nitrogen and oxygen atoms in total. The molecule has 1 aliphatic rings. The highest BCUT2D eigenvalue weighted by molar-refractivity contribution is 6.65. The third-order valence-corrected chi connectivity index (χ3v) is 10.0. The van der Waals surface area contributed by atoms with Gasteiger partial charge in [0.05, 0.1) is 8.80 Å². The topological polar surface area (TPSA) is 36.9 Å². The van der Waals surface area contributed by atoms with Gasteiger partial charge >= 0.3 is 8.80 Å². The molecule has 102 valence electrons. The molecule has 1 rings (SSSR count). The van der Waals surface area contributed by atoms with Crippen LogP contribution >= 0.6 is 0 Å². The zero-order valence-corrected chi connectivity index (χ0v) is 13.7. The smallest absolute Gasteiger partial charge is 0.382 e. The van der Waals surface area contributed by atoms with Crippen molar-refractivity contribution in [2.75, 3.05) is 27.9 Å². The molecule has 1 heterocycles. The molecule has 2 unspecified atom stereocenters. The van der Waals surface area contributed by atoms with Crippen LogP contribution in [0, 0.1) is 0 Å². The largest absolute Gasteiger partial charge is 0.499 e. The Bertz CT molecular complexity index is 197. The van der Waals surface area contributed by atoms with Crippen LogP contribution in [0.5, 0.6) is 0 Å². The summed E-state index contributed by atoms with van der Waals surface area (Å²) in [6, 6.07) is 2.09. The Balaban J connectivity index is 2.37. The molecule has 0 aromatic heterocycles. The van der Waals surface area contributed by atoms with Crippen LogP contribution < -0.4 is 0 Å². The Morgan fingerprint density at radius 1 is 1.18 bits per heavy atom. The van der Waals surface area contributed by atoms with E-state index in [9.17, 15) is 0 Å². The minimum absolute atomic E-state index is 0.543. The fourth-order valence-electron chi connectivity index (χ4n) is 2.36. The van der Waals surface area contributed by atoms with Crippen molar-refractivity contribution in [1.29, 1.82) is 0 Å². The molecule has 1 saturated heterocycles. The number of ether oxygens (including phenoxy) is 1. The number of rotatable bonds is 7. The highest BCUT2D eigenvalue weighted by atomic mass is 28.4. The first-order valence-electron chi connectivity index (χ1n) is 6.44. The van der Waals surface area contributed by atoms with Crippen LogP contribution in [-0.4, -0.2) is 51.3 Å². The Morgan fingerprint density at radius 3 is 2.29 bits per heavy atom. The Hall–Kier alpha value is 0.274. The van der Waals surface area contributed by atoms with E-state index in [2.05, 4.69) is 6.55 Å². The monoisotopic (exact) mass is 278 g/mol. The van der Waals surface area contributed by atoms with Crippen LogP contribution in [0.15, 0.2) is 0 Å². The second-order valence-corrected chi connectivity index (χ2v) is 11.1. The Kier molecular flexibility index (Phi) is 6.90. The summed E-state index contributed by atoms with van der Waals surface area (Å²) < 4.78 is 22.2. The van der Waals surface area contributed by atoms with Gasteiger partial charge in [-0.3, -0.25) is 0 Å². The maximum Gasteiger partial charge on any atom is 0.499 e. The van der Waals surface area contributed by atoms with Crippen LogP contribution in [0.2, 0.25) is 18.6 Å². The highest BCUT2D eigenvalue weighted by Crippen LogP contribution is 2.22. The van der Waals surface area contributed by atoms with Crippen molar-refractivity contribution in [1.82, 2.24) is 0 Å². The predicted octanol–water partition coefficient (Wildman–Crippen LogP) is 1.83. The molecular weight excluding hydrogens is 252 g/mol. The van der Waals surface area contributed by atoms with Crippen LogP contribution in [-0.2, 0) is 18.0 Å². The van der Waals surface area contributed by atoms with Gasteiger partial charge < -0.3 is 18.0 Å². The van der Waals surface area contributed by atoms with E-state index in [0.29, 0.717) is 5.73 Å². The van der Waals surface area contributed by atoms with Gasteiger partial charge in [0, 0.05) is 39.7 Å². The summed E-state index contributed by atoms with van der Waals surface area (Å²) in [5.74, 6) is 0. The fourth-order valence-corrected chi connectivity index (χ4v) is 8.35. The molecule has 2 atom stereocenters. The van der Waals surface area contributed by atoms with Gasteiger partial charge in [0.25, 0.3) is 0 Å². The summed E-state index contributed by atoms with van der Waals surface area (Å²) in [5.41, 5.74) is 0.543. The Morgan fingerprint density at radius 2 is 1.82 bits per heavy atom. The lowest BCUT2D eigenvalue weighted by molar-refractivity contribution is 0.0625. The van der Waals surface area contributed by atoms with Gasteiger partial charge in [0.1, 0.15) is 0 Å². The lowest BCUT2D eigenvalue weighted by Gasteiger charge is -2.30. The first-order chi connectivity index (χ1) is 8.17. The normalized spacial score (nSPS) is 23.6. The number of hydrogen-bond acceptors (Lipinski definition) is 4. The second-order valence-electron chi connectivity index (χ2n) is 4.72. The Labute approximate surface area is 108 Å². The van der Waals surface area contributed by atoms with Crippen molar-refractivity contribution in [2.24, 2.45) is 0 Å². The van der Waals surface area contributed by atoms with Gasteiger partial charge in [-0.25, -0.2) is 0 Å². The first-order valence-corrected chi connectivity index (χ1v) is 11.0. The molecular formula is C11H26O4Si2. The predicted molar refractivity (Wildman–Crippen MR) is 73.0 cm³/mol. The van der Waals surface area contributed by atoms with E-state index in [1.165, 1.54) is 25.3 Å². The summed E-state index contributed by atoms with van der Waals surface area (Å²) in [5, 5.41) is 0. The lowest BCUT2D eigenvalue weighted by atomic mass is 10.2. The lowest BCUT2D eigenvalue weighted by Crippen LogP contribution is -2.44. The first kappa shape index (κ1) is 15.3. The van der Waals surface area contributed by atoms with E-state index in [-0.39, 0.29) is 0 Å². The SMILES string of the molecule is CO[Si](CC[SiH](C)C1CCCCO1)(OC)OC. The zero-order valence-electron chi connectivity index (χ0n) is 11.5. The fraction of sp³-hybridized carbons (Fsp3) is 1.00. The quantitative estimate of drug-likeness (QED) is 0.666. The average molecular weight is 278 g/mol. The van der Waals surface area contributed by atoms with Crippen LogP contribution in [0.25, 0.3) is 0 Å². The van der Waals surface area contributed by atoms with E-state index in [0.717, 1.165) is 12.7 Å². The maximum atomic E-state index is 5.86. The maximum absolute atomic E-state index is 5.86. The molecule has 0 amide bonds. The van der Waals surface area contributed by atoms with Crippen molar-refractivity contribution in [3.05, 3.63) is 0 Å². The molecule has 0 aliphatic carbocycles. The molecule has 0 spiro atoms. The number of hydrogen-bond donors (Lipinski definition) is 0. The van der Waals surface area contributed by atoms with E-state index < -0.39 is 17.6 Å². The molecule has 0 radical (unpaired) electrons. The van der Waals surface area contributed by atoms with Crippen molar-refractivity contribution in [2.45, 2.75) is 43.6 Å². The summed E-state index contributed by atoms with van der Waals surface area (Å²) in [7, 11) is 1.83. The molecule has 0 N–H and O–H groups in total. The summed E-state index contributed by atoms with van der Waals surface area (Å²) in [6.07, 6.45) is 3.79. The molecule has 1 fully saturated rings. The molecule has 0 aromatic carbocycles. The van der Waals surface area contributed by atoms with E-state index in [4.69, 9.17) is 18.0 Å². The zero-order chi connectivity index (χ0) is 12.7. The molecule has 1 aliphatic heterocycles. The summed E-state index contributed by atoms with van der Waals surface area (Å²) >= 11 is 0. The summed E-state index contributed by atoms with van der Waals surface area (Å²) in [4.78, 5) is 0. The van der Waals surface area contributed by atoms with Gasteiger partial charge in [0.2, 0.25) is 0 Å². The molecule has 17 heavy (non-hydrogen) atoms. The van der Waals surface area contributed by atoms with Gasteiger partial charge in [-0.15, -0.1) is 0 Å². The standard InChI is InChI=1S/C11H26O4Si2/c1-12-17(13-2,14-3)10-9-16(4)11-7-5-6-8-15-11/h11,16H,5-10H2,1-4H3. The highest BCUT2D eigenvalue weighted by Gasteiger charge is 2.38. The van der Waals surface area contributed by atoms with E-state index in [1.54, 1.807) is 21.3 Å². The van der Waals surface area contributed by atoms with Crippen LogP contribution in [0.1, 0.15) is 19.3 Å². The minimum atomic E-state index is -2.36. The van der Waals surface area contributed by atoms with Gasteiger partial charge in [-0.2, -0.15) is 0 Å². The second kappa shape index (κ2) is 7.65. The van der Waals surface area contributed by atoms with Crippen LogP contribution in [0.4, 0.5) is 0 Å². The third-order valence-electron chi connectivity index (χ3n) is 3.69. The summed E-state index contributed by atoms with van der Waals surface area (Å²) in [6.45, 7) is 3.33. The minimum Gasteiger partial charge on any atom is -0.382 e. The average Bonchev–Trinajstić information content (AvgIpc) is 2.41. The van der Waals surface area contributed by atoms with E-state index >= 15 is 0 Å². The van der Waals surface area contributed by atoms with Gasteiger partial charge in [-0.1, -0.05) is 12.6 Å². The van der Waals surface area contributed by atoms with Gasteiger partial charge in [0.15, 0.2) is 0 Å². The van der Waals surface area contributed by atoms with Crippen molar-refractivity contribution < 1.29 is 18.0 Å². The molecule has 0 saturated carbocycles. The van der Waals surface area contributed by atoms with E-state index in [1.807, 2.05) is 0 Å². The van der Waals surface area contributed by atoms with Crippen molar-refractivity contribution in [3.8, 4) is 0 Å². The van der Waals surface area contributed by atoms with Crippen molar-refractivity contribution >= 4 is 17.6 Å². The molecule has 0 bridgehead atoms. The van der Waals surface area contributed by atoms with Gasteiger partial charge in [-0.05, 0) is 19.3 Å². The third kappa shape index (κ3) is 4.46. The molecule has 6 heteroatoms. The van der Waals surface area contributed by atoms with Crippen molar-refractivity contribution in [3.63, 3.8) is 0 Å². The molecule has 0 aromatic rings.